The number of methoxy groups -OCH3 is 1. The van der Waals surface area contributed by atoms with Crippen LogP contribution in [-0.4, -0.2) is 50.1 Å². The van der Waals surface area contributed by atoms with Crippen molar-refractivity contribution in [2.45, 2.75) is 50.9 Å². The Morgan fingerprint density at radius 2 is 1.86 bits per heavy atom. The zero-order valence-electron chi connectivity index (χ0n) is 17.5. The molecular formula is C22H33FIN3O2. The highest BCUT2D eigenvalue weighted by Gasteiger charge is 2.36. The quantitative estimate of drug-likeness (QED) is 0.277. The van der Waals surface area contributed by atoms with E-state index in [0.29, 0.717) is 6.54 Å². The Balaban J connectivity index is 0.00000300. The molecule has 162 valence electrons. The van der Waals surface area contributed by atoms with Gasteiger partial charge in [-0.2, -0.15) is 0 Å². The number of hydrogen-bond acceptors (Lipinski definition) is 3. The fraction of sp³-hybridized carbons (Fsp3) is 0.636. The van der Waals surface area contributed by atoms with Crippen LogP contribution in [0.15, 0.2) is 29.3 Å². The Hall–Kier alpha value is -1.38. The van der Waals surface area contributed by atoms with Gasteiger partial charge in [0.05, 0.1) is 19.6 Å². The smallest absolute Gasteiger partial charge is 0.308 e. The lowest BCUT2D eigenvalue weighted by atomic mass is 9.79. The van der Waals surface area contributed by atoms with Gasteiger partial charge in [0.1, 0.15) is 5.82 Å². The average Bonchev–Trinajstić information content (AvgIpc) is 3.21. The molecular weight excluding hydrogens is 484 g/mol. The average molecular weight is 517 g/mol. The molecule has 1 N–H and O–H groups in total. The minimum absolute atomic E-state index is 0. The third-order valence-electron chi connectivity index (χ3n) is 6.21. The molecule has 0 bridgehead atoms. The number of nitrogens with one attached hydrogen (secondary N) is 1. The van der Waals surface area contributed by atoms with E-state index in [0.717, 1.165) is 51.3 Å². The SMILES string of the molecule is CCNC(=NCC1(c2ccc(F)cc2)CCCC1)N1CCC(C(=O)OC)CC1.I. The van der Waals surface area contributed by atoms with Crippen molar-refractivity contribution in [3.8, 4) is 0 Å². The lowest BCUT2D eigenvalue weighted by molar-refractivity contribution is -0.146. The molecule has 1 heterocycles. The minimum Gasteiger partial charge on any atom is -0.469 e. The van der Waals surface area contributed by atoms with E-state index in [1.807, 2.05) is 12.1 Å². The van der Waals surface area contributed by atoms with Gasteiger partial charge in [0.25, 0.3) is 0 Å². The Morgan fingerprint density at radius 1 is 1.24 bits per heavy atom. The number of nitrogens with zero attached hydrogens (tertiary/aromatic N) is 2. The van der Waals surface area contributed by atoms with Crippen LogP contribution in [0.5, 0.6) is 0 Å². The van der Waals surface area contributed by atoms with Crippen LogP contribution in [0, 0.1) is 11.7 Å². The number of likely N-dealkylation sites (tertiary alicyclic amines) is 1. The van der Waals surface area contributed by atoms with E-state index in [9.17, 15) is 9.18 Å². The maximum Gasteiger partial charge on any atom is 0.308 e. The van der Waals surface area contributed by atoms with Crippen LogP contribution in [0.3, 0.4) is 0 Å². The van der Waals surface area contributed by atoms with Gasteiger partial charge in [-0.05, 0) is 50.3 Å². The van der Waals surface area contributed by atoms with Crippen molar-refractivity contribution in [2.75, 3.05) is 33.3 Å². The van der Waals surface area contributed by atoms with Crippen molar-refractivity contribution in [1.82, 2.24) is 10.2 Å². The third-order valence-corrected chi connectivity index (χ3v) is 6.21. The number of carbonyl (C=O) groups is 1. The molecule has 3 rings (SSSR count). The Bertz CT molecular complexity index is 682. The maximum absolute atomic E-state index is 13.4. The summed E-state index contributed by atoms with van der Waals surface area (Å²) in [5.74, 6) is 0.605. The first-order valence-corrected chi connectivity index (χ1v) is 10.4. The molecule has 29 heavy (non-hydrogen) atoms. The monoisotopic (exact) mass is 517 g/mol. The molecule has 5 nitrogen and oxygen atoms in total. The molecule has 0 unspecified atom stereocenters. The summed E-state index contributed by atoms with van der Waals surface area (Å²) in [5, 5.41) is 3.41. The maximum atomic E-state index is 13.4. The first-order chi connectivity index (χ1) is 13.6. The summed E-state index contributed by atoms with van der Waals surface area (Å²) in [5.41, 5.74) is 1.19. The lowest BCUT2D eigenvalue weighted by Gasteiger charge is -2.34. The largest absolute Gasteiger partial charge is 0.469 e. The molecule has 1 aromatic rings. The van der Waals surface area contributed by atoms with Crippen LogP contribution in [0.4, 0.5) is 4.39 Å². The van der Waals surface area contributed by atoms with Crippen molar-refractivity contribution in [1.29, 1.82) is 0 Å². The molecule has 7 heteroatoms. The van der Waals surface area contributed by atoms with Gasteiger partial charge in [-0.3, -0.25) is 9.79 Å². The molecule has 0 amide bonds. The number of carbonyl (C=O) groups excluding carboxylic acids is 1. The van der Waals surface area contributed by atoms with Crippen molar-refractivity contribution >= 4 is 35.9 Å². The number of benzene rings is 1. The van der Waals surface area contributed by atoms with Gasteiger partial charge < -0.3 is 15.0 Å². The highest BCUT2D eigenvalue weighted by Crippen LogP contribution is 2.41. The second kappa shape index (κ2) is 11.1. The molecule has 2 fully saturated rings. The van der Waals surface area contributed by atoms with Crippen LogP contribution in [0.25, 0.3) is 0 Å². The number of hydrogen-bond donors (Lipinski definition) is 1. The lowest BCUT2D eigenvalue weighted by Crippen LogP contribution is -2.47. The summed E-state index contributed by atoms with van der Waals surface area (Å²) in [6.45, 7) is 5.18. The Morgan fingerprint density at radius 3 is 2.41 bits per heavy atom. The normalized spacial score (nSPS) is 19.6. The highest BCUT2D eigenvalue weighted by atomic mass is 127. The van der Waals surface area contributed by atoms with Gasteiger partial charge in [-0.25, -0.2) is 4.39 Å². The fourth-order valence-electron chi connectivity index (χ4n) is 4.54. The topological polar surface area (TPSA) is 53.9 Å². The number of rotatable bonds is 5. The summed E-state index contributed by atoms with van der Waals surface area (Å²) in [6, 6.07) is 6.96. The first-order valence-electron chi connectivity index (χ1n) is 10.4. The third kappa shape index (κ3) is 5.83. The summed E-state index contributed by atoms with van der Waals surface area (Å²) >= 11 is 0. The van der Waals surface area contributed by atoms with Gasteiger partial charge in [-0.15, -0.1) is 24.0 Å². The molecule has 1 aliphatic carbocycles. The fourth-order valence-corrected chi connectivity index (χ4v) is 4.54. The Labute approximate surface area is 190 Å². The molecule has 1 saturated heterocycles. The second-order valence-corrected chi connectivity index (χ2v) is 7.95. The van der Waals surface area contributed by atoms with E-state index >= 15 is 0 Å². The predicted molar refractivity (Wildman–Crippen MR) is 124 cm³/mol. The standard InChI is InChI=1S/C22H32FN3O2.HI/c1-3-24-21(26-14-10-17(11-15-26)20(27)28-2)25-16-22(12-4-5-13-22)18-6-8-19(23)9-7-18;/h6-9,17H,3-5,10-16H2,1-2H3,(H,24,25);1H. The van der Waals surface area contributed by atoms with Crippen molar-refractivity contribution in [3.05, 3.63) is 35.6 Å². The van der Waals surface area contributed by atoms with Gasteiger partial charge in [-0.1, -0.05) is 25.0 Å². The van der Waals surface area contributed by atoms with Crippen molar-refractivity contribution in [2.24, 2.45) is 10.9 Å². The number of guanidine groups is 1. The number of halogens is 2. The van der Waals surface area contributed by atoms with E-state index in [-0.39, 0.29) is 47.1 Å². The molecule has 0 atom stereocenters. The first kappa shape index (κ1) is 23.9. The molecule has 2 aliphatic rings. The highest BCUT2D eigenvalue weighted by molar-refractivity contribution is 14.0. The molecule has 1 aliphatic heterocycles. The van der Waals surface area contributed by atoms with Crippen LogP contribution >= 0.6 is 24.0 Å². The van der Waals surface area contributed by atoms with Gasteiger partial charge in [0, 0.05) is 25.0 Å². The summed E-state index contributed by atoms with van der Waals surface area (Å²) < 4.78 is 18.3. The van der Waals surface area contributed by atoms with E-state index in [2.05, 4.69) is 17.1 Å². The molecule has 0 radical (unpaired) electrons. The Kier molecular flexibility index (Phi) is 9.17. The van der Waals surface area contributed by atoms with E-state index in [1.54, 1.807) is 12.1 Å². The molecule has 0 spiro atoms. The summed E-state index contributed by atoms with van der Waals surface area (Å²) in [4.78, 5) is 19.0. The van der Waals surface area contributed by atoms with E-state index in [1.165, 1.54) is 25.5 Å². The number of piperidine rings is 1. The summed E-state index contributed by atoms with van der Waals surface area (Å²) in [6.07, 6.45) is 6.14. The van der Waals surface area contributed by atoms with E-state index in [4.69, 9.17) is 9.73 Å². The van der Waals surface area contributed by atoms with Gasteiger partial charge in [0.2, 0.25) is 0 Å². The number of ether oxygens (including phenoxy) is 1. The minimum atomic E-state index is -0.192. The van der Waals surface area contributed by atoms with E-state index < -0.39 is 0 Å². The predicted octanol–water partition coefficient (Wildman–Crippen LogP) is 4.11. The second-order valence-electron chi connectivity index (χ2n) is 7.95. The van der Waals surface area contributed by atoms with Crippen LogP contribution < -0.4 is 5.32 Å². The molecule has 1 aromatic carbocycles. The number of esters is 1. The van der Waals surface area contributed by atoms with Crippen LogP contribution in [-0.2, 0) is 14.9 Å². The molecule has 1 saturated carbocycles. The molecule has 0 aromatic heterocycles. The van der Waals surface area contributed by atoms with Crippen LogP contribution in [0.2, 0.25) is 0 Å². The van der Waals surface area contributed by atoms with Gasteiger partial charge in [0.15, 0.2) is 5.96 Å². The zero-order chi connectivity index (χ0) is 20.0. The van der Waals surface area contributed by atoms with Gasteiger partial charge >= 0.3 is 5.97 Å². The number of aliphatic imine (C=N–C) groups is 1. The zero-order valence-corrected chi connectivity index (χ0v) is 19.8. The van der Waals surface area contributed by atoms with Crippen LogP contribution in [0.1, 0.15) is 51.0 Å². The van der Waals surface area contributed by atoms with Crippen molar-refractivity contribution < 1.29 is 13.9 Å². The summed E-state index contributed by atoms with van der Waals surface area (Å²) in [7, 11) is 1.46. The van der Waals surface area contributed by atoms with Crippen molar-refractivity contribution in [3.63, 3.8) is 0 Å².